The molecule has 0 radical (unpaired) electrons. The molecule has 1 aromatic carbocycles. The van der Waals surface area contributed by atoms with Crippen LogP contribution in [0.4, 0.5) is 0 Å². The second-order valence-electron chi connectivity index (χ2n) is 5.92. The van der Waals surface area contributed by atoms with Gasteiger partial charge in [-0.15, -0.1) is 0 Å². The van der Waals surface area contributed by atoms with Crippen molar-refractivity contribution >= 4 is 0 Å². The van der Waals surface area contributed by atoms with Crippen molar-refractivity contribution in [3.8, 4) is 0 Å². The Bertz CT molecular complexity index is 357. The van der Waals surface area contributed by atoms with Gasteiger partial charge in [0.05, 0.1) is 25.2 Å². The molecule has 0 saturated carbocycles. The van der Waals surface area contributed by atoms with Gasteiger partial charge in [0, 0.05) is 6.42 Å². The highest BCUT2D eigenvalue weighted by Gasteiger charge is 2.28. The minimum absolute atomic E-state index is 0.638. The molecule has 1 fully saturated rings. The zero-order chi connectivity index (χ0) is 13.6. The molecule has 1 aliphatic rings. The van der Waals surface area contributed by atoms with Crippen LogP contribution in [-0.2, 0) is 5.60 Å². The largest absolute Gasteiger partial charge is 0.385 e. The van der Waals surface area contributed by atoms with E-state index in [1.54, 1.807) is 4.90 Å². The maximum atomic E-state index is 10.9. The van der Waals surface area contributed by atoms with E-state index in [1.165, 1.54) is 38.8 Å². The highest BCUT2D eigenvalue weighted by atomic mass is 16.3. The molecule has 2 nitrogen and oxygen atoms in total. The average molecular weight is 262 g/mol. The van der Waals surface area contributed by atoms with Crippen LogP contribution in [0.1, 0.15) is 51.0 Å². The van der Waals surface area contributed by atoms with E-state index in [0.717, 1.165) is 24.9 Å². The van der Waals surface area contributed by atoms with Gasteiger partial charge in [-0.3, -0.25) is 0 Å². The lowest BCUT2D eigenvalue weighted by atomic mass is 9.88. The number of quaternary nitrogens is 1. The second kappa shape index (κ2) is 7.06. The first-order valence-electron chi connectivity index (χ1n) is 7.86. The van der Waals surface area contributed by atoms with Crippen molar-refractivity contribution in [2.24, 2.45) is 0 Å². The van der Waals surface area contributed by atoms with E-state index in [-0.39, 0.29) is 0 Å². The summed E-state index contributed by atoms with van der Waals surface area (Å²) in [6.45, 7) is 5.76. The molecule has 0 aliphatic carbocycles. The molecule has 0 amide bonds. The molecule has 0 bridgehead atoms. The number of hydrogen-bond acceptors (Lipinski definition) is 1. The predicted octanol–water partition coefficient (Wildman–Crippen LogP) is 2.13. The molecule has 1 saturated heterocycles. The standard InChI is InChI=1S/C17H27NO/c1-2-17(19,16-10-6-5-7-11-16)12-15-18-13-8-3-4-9-14-18/h5-7,10-11,19H,2-4,8-9,12-15H2,1H3/p+1/t17-/m1/s1. The third-order valence-corrected chi connectivity index (χ3v) is 4.60. The van der Waals surface area contributed by atoms with Crippen molar-refractivity contribution in [1.29, 1.82) is 0 Å². The Morgan fingerprint density at radius 2 is 1.68 bits per heavy atom. The number of nitrogens with one attached hydrogen (secondary N) is 1. The molecule has 2 heteroatoms. The third kappa shape index (κ3) is 4.05. The summed E-state index contributed by atoms with van der Waals surface area (Å²) >= 11 is 0. The van der Waals surface area contributed by atoms with Crippen LogP contribution in [-0.4, -0.2) is 24.7 Å². The van der Waals surface area contributed by atoms with Gasteiger partial charge in [0.25, 0.3) is 0 Å². The topological polar surface area (TPSA) is 24.7 Å². The van der Waals surface area contributed by atoms with Gasteiger partial charge >= 0.3 is 0 Å². The summed E-state index contributed by atoms with van der Waals surface area (Å²) in [5, 5.41) is 10.9. The molecule has 1 aromatic rings. The highest BCUT2D eigenvalue weighted by Crippen LogP contribution is 2.27. The maximum Gasteiger partial charge on any atom is 0.0947 e. The number of rotatable bonds is 5. The Morgan fingerprint density at radius 1 is 1.05 bits per heavy atom. The zero-order valence-corrected chi connectivity index (χ0v) is 12.2. The molecule has 0 aromatic heterocycles. The van der Waals surface area contributed by atoms with E-state index in [0.29, 0.717) is 0 Å². The molecule has 2 N–H and O–H groups in total. The van der Waals surface area contributed by atoms with Gasteiger partial charge in [-0.2, -0.15) is 0 Å². The van der Waals surface area contributed by atoms with Gasteiger partial charge in [0.2, 0.25) is 0 Å². The van der Waals surface area contributed by atoms with Crippen LogP contribution in [0.25, 0.3) is 0 Å². The molecule has 0 unspecified atom stereocenters. The molecule has 2 rings (SSSR count). The second-order valence-corrected chi connectivity index (χ2v) is 5.92. The lowest BCUT2D eigenvalue weighted by Gasteiger charge is -2.29. The summed E-state index contributed by atoms with van der Waals surface area (Å²) in [4.78, 5) is 1.68. The van der Waals surface area contributed by atoms with E-state index in [9.17, 15) is 5.11 Å². The van der Waals surface area contributed by atoms with Gasteiger partial charge in [0.1, 0.15) is 0 Å². The van der Waals surface area contributed by atoms with Crippen molar-refractivity contribution < 1.29 is 10.0 Å². The van der Waals surface area contributed by atoms with Gasteiger partial charge < -0.3 is 10.0 Å². The number of aliphatic hydroxyl groups is 1. The van der Waals surface area contributed by atoms with Crippen LogP contribution < -0.4 is 4.90 Å². The van der Waals surface area contributed by atoms with Crippen molar-refractivity contribution in [2.45, 2.75) is 51.0 Å². The Morgan fingerprint density at radius 3 is 2.26 bits per heavy atom. The van der Waals surface area contributed by atoms with Crippen LogP contribution in [0.3, 0.4) is 0 Å². The van der Waals surface area contributed by atoms with Crippen LogP contribution in [0.15, 0.2) is 30.3 Å². The van der Waals surface area contributed by atoms with E-state index in [2.05, 4.69) is 19.1 Å². The molecular weight excluding hydrogens is 234 g/mol. The first-order chi connectivity index (χ1) is 9.24. The summed E-state index contributed by atoms with van der Waals surface area (Å²) in [6, 6.07) is 10.2. The van der Waals surface area contributed by atoms with Crippen molar-refractivity contribution in [2.75, 3.05) is 19.6 Å². The van der Waals surface area contributed by atoms with Crippen LogP contribution in [0.5, 0.6) is 0 Å². The van der Waals surface area contributed by atoms with E-state index < -0.39 is 5.60 Å². The van der Waals surface area contributed by atoms with Gasteiger partial charge in [-0.25, -0.2) is 0 Å². The van der Waals surface area contributed by atoms with Crippen LogP contribution in [0.2, 0.25) is 0 Å². The minimum atomic E-state index is -0.638. The van der Waals surface area contributed by atoms with Gasteiger partial charge in [-0.05, 0) is 37.7 Å². The lowest BCUT2D eigenvalue weighted by Crippen LogP contribution is -3.12. The number of hydrogen-bond donors (Lipinski definition) is 2. The molecule has 1 atom stereocenters. The smallest absolute Gasteiger partial charge is 0.0947 e. The van der Waals surface area contributed by atoms with E-state index in [4.69, 9.17) is 0 Å². The monoisotopic (exact) mass is 262 g/mol. The third-order valence-electron chi connectivity index (χ3n) is 4.60. The fourth-order valence-corrected chi connectivity index (χ4v) is 3.14. The molecular formula is C17H28NO+. The van der Waals surface area contributed by atoms with E-state index in [1.807, 2.05) is 18.2 Å². The van der Waals surface area contributed by atoms with Crippen molar-refractivity contribution in [3.63, 3.8) is 0 Å². The Kier molecular flexibility index (Phi) is 5.41. The Hall–Kier alpha value is -0.860. The van der Waals surface area contributed by atoms with Gasteiger partial charge in [-0.1, -0.05) is 37.3 Å². The summed E-state index contributed by atoms with van der Waals surface area (Å²) in [6.07, 6.45) is 7.16. The maximum absolute atomic E-state index is 10.9. The molecule has 19 heavy (non-hydrogen) atoms. The van der Waals surface area contributed by atoms with Crippen LogP contribution >= 0.6 is 0 Å². The quantitative estimate of drug-likeness (QED) is 0.835. The van der Waals surface area contributed by atoms with Gasteiger partial charge in [0.15, 0.2) is 0 Å². The van der Waals surface area contributed by atoms with Crippen molar-refractivity contribution in [3.05, 3.63) is 35.9 Å². The summed E-state index contributed by atoms with van der Waals surface area (Å²) in [5.41, 5.74) is 0.437. The highest BCUT2D eigenvalue weighted by molar-refractivity contribution is 5.21. The average Bonchev–Trinajstić information content (AvgIpc) is 2.74. The summed E-state index contributed by atoms with van der Waals surface area (Å²) in [5.74, 6) is 0. The predicted molar refractivity (Wildman–Crippen MR) is 79.3 cm³/mol. The van der Waals surface area contributed by atoms with Crippen LogP contribution in [0, 0.1) is 0 Å². The van der Waals surface area contributed by atoms with E-state index >= 15 is 0 Å². The van der Waals surface area contributed by atoms with Crippen molar-refractivity contribution in [1.82, 2.24) is 0 Å². The summed E-state index contributed by atoms with van der Waals surface area (Å²) in [7, 11) is 0. The molecule has 106 valence electrons. The number of benzene rings is 1. The Balaban J connectivity index is 1.94. The molecule has 1 aliphatic heterocycles. The normalized spacial score (nSPS) is 20.7. The minimum Gasteiger partial charge on any atom is -0.385 e. The SMILES string of the molecule is CC[C@@](O)(CC[NH+]1CCCCCC1)c1ccccc1. The fraction of sp³-hybridized carbons (Fsp3) is 0.647. The molecule has 0 spiro atoms. The summed E-state index contributed by atoms with van der Waals surface area (Å²) < 4.78 is 0. The first-order valence-corrected chi connectivity index (χ1v) is 7.86. The zero-order valence-electron chi connectivity index (χ0n) is 12.2. The molecule has 1 heterocycles. The number of likely N-dealkylation sites (tertiary alicyclic amines) is 1. The lowest BCUT2D eigenvalue weighted by molar-refractivity contribution is -0.900. The Labute approximate surface area is 117 Å². The first kappa shape index (κ1) is 14.5. The fourth-order valence-electron chi connectivity index (χ4n) is 3.14.